The number of hydrogen-bond acceptors (Lipinski definition) is 2. The van der Waals surface area contributed by atoms with Crippen molar-refractivity contribution in [3.63, 3.8) is 0 Å². The minimum Gasteiger partial charge on any atom is -0.427 e. The van der Waals surface area contributed by atoms with Gasteiger partial charge in [-0.3, -0.25) is 4.79 Å². The summed E-state index contributed by atoms with van der Waals surface area (Å²) in [6.07, 6.45) is 11.7. The first kappa shape index (κ1) is 22.5. The van der Waals surface area contributed by atoms with Crippen molar-refractivity contribution in [3.8, 4) is 5.75 Å². The Morgan fingerprint density at radius 3 is 2.24 bits per heavy atom. The summed E-state index contributed by atoms with van der Waals surface area (Å²) in [6, 6.07) is 7.67. The number of hydrogen-bond donors (Lipinski definition) is 0. The van der Waals surface area contributed by atoms with Crippen LogP contribution >= 0.6 is 22.6 Å². The van der Waals surface area contributed by atoms with Crippen LogP contribution in [0.3, 0.4) is 0 Å². The summed E-state index contributed by atoms with van der Waals surface area (Å²) >= 11 is 2.60. The third kappa shape index (κ3) is 10.9. The van der Waals surface area contributed by atoms with Crippen molar-refractivity contribution in [1.29, 1.82) is 0 Å². The van der Waals surface area contributed by atoms with Crippen molar-refractivity contribution in [3.05, 3.63) is 29.8 Å². The summed E-state index contributed by atoms with van der Waals surface area (Å²) in [5.74, 6) is 1.32. The molecule has 0 aliphatic carbocycles. The second-order valence-electron chi connectivity index (χ2n) is 7.15. The monoisotopic (exact) mass is 458 g/mol. The van der Waals surface area contributed by atoms with Gasteiger partial charge in [0.25, 0.3) is 0 Å². The van der Waals surface area contributed by atoms with Crippen LogP contribution in [0.2, 0.25) is 0 Å². The van der Waals surface area contributed by atoms with E-state index < -0.39 is 0 Å². The first-order valence-electron chi connectivity index (χ1n) is 9.96. The van der Waals surface area contributed by atoms with Crippen LogP contribution < -0.4 is 4.74 Å². The summed E-state index contributed by atoms with van der Waals surface area (Å²) in [6.45, 7) is 6.56. The fourth-order valence-electron chi connectivity index (χ4n) is 3.25. The highest BCUT2D eigenvalue weighted by Gasteiger charge is 2.12. The number of halogens is 1. The van der Waals surface area contributed by atoms with Crippen LogP contribution in [0.25, 0.3) is 0 Å². The average Bonchev–Trinajstić information content (AvgIpc) is 2.57. The smallest absolute Gasteiger partial charge is 0.311 e. The summed E-state index contributed by atoms with van der Waals surface area (Å²) in [5, 5.41) is 0. The van der Waals surface area contributed by atoms with Gasteiger partial charge in [0.05, 0.1) is 0 Å². The van der Waals surface area contributed by atoms with Gasteiger partial charge in [-0.1, -0.05) is 86.2 Å². The van der Waals surface area contributed by atoms with Crippen molar-refractivity contribution in [2.45, 2.75) is 88.9 Å². The minimum absolute atomic E-state index is 0.102. The van der Waals surface area contributed by atoms with Gasteiger partial charge in [0.2, 0.25) is 0 Å². The summed E-state index contributed by atoms with van der Waals surface area (Å²) in [4.78, 5) is 12.0. The molecule has 142 valence electrons. The largest absolute Gasteiger partial charge is 0.427 e. The summed E-state index contributed by atoms with van der Waals surface area (Å²) in [7, 11) is 0. The highest BCUT2D eigenvalue weighted by atomic mass is 127. The summed E-state index contributed by atoms with van der Waals surface area (Å²) < 4.78 is 6.24. The first-order chi connectivity index (χ1) is 12.0. The molecular formula is C22H35IO2. The molecule has 0 aromatic heterocycles. The highest BCUT2D eigenvalue weighted by Crippen LogP contribution is 2.24. The highest BCUT2D eigenvalue weighted by molar-refractivity contribution is 14.1. The van der Waals surface area contributed by atoms with Gasteiger partial charge in [0.1, 0.15) is 5.75 Å². The Bertz CT molecular complexity index is 469. The van der Waals surface area contributed by atoms with Gasteiger partial charge in [-0.05, 0) is 50.7 Å². The van der Waals surface area contributed by atoms with Gasteiger partial charge < -0.3 is 4.74 Å². The van der Waals surface area contributed by atoms with Crippen molar-refractivity contribution in [2.24, 2.45) is 5.92 Å². The Labute approximate surface area is 168 Å². The predicted molar refractivity (Wildman–Crippen MR) is 116 cm³/mol. The first-order valence-corrected chi connectivity index (χ1v) is 11.2. The molecule has 0 saturated carbocycles. The fraction of sp³-hybridized carbons (Fsp3) is 0.682. The van der Waals surface area contributed by atoms with Gasteiger partial charge >= 0.3 is 5.97 Å². The second kappa shape index (κ2) is 13.6. The lowest BCUT2D eigenvalue weighted by Crippen LogP contribution is -2.09. The third-order valence-electron chi connectivity index (χ3n) is 4.67. The lowest BCUT2D eigenvalue weighted by atomic mass is 9.91. The number of benzene rings is 1. The van der Waals surface area contributed by atoms with Crippen LogP contribution in [-0.4, -0.2) is 9.89 Å². The molecule has 0 radical (unpaired) electrons. The van der Waals surface area contributed by atoms with Gasteiger partial charge in [-0.25, -0.2) is 0 Å². The zero-order chi connectivity index (χ0) is 18.5. The van der Waals surface area contributed by atoms with E-state index in [1.807, 2.05) is 31.2 Å². The number of ether oxygens (including phenoxy) is 1. The van der Waals surface area contributed by atoms with Crippen LogP contribution in [-0.2, 0) is 4.79 Å². The summed E-state index contributed by atoms with van der Waals surface area (Å²) in [5.41, 5.74) is 1.18. The minimum atomic E-state index is -0.102. The molecule has 0 spiro atoms. The van der Waals surface area contributed by atoms with E-state index in [2.05, 4.69) is 36.4 Å². The Balaban J connectivity index is 2.24. The Kier molecular flexibility index (Phi) is 12.2. The number of alkyl halides is 1. The van der Waals surface area contributed by atoms with Gasteiger partial charge in [-0.2, -0.15) is 0 Å². The second-order valence-corrected chi connectivity index (χ2v) is 8.91. The molecule has 0 fully saturated rings. The van der Waals surface area contributed by atoms with Crippen LogP contribution in [0, 0.1) is 12.8 Å². The van der Waals surface area contributed by atoms with Crippen molar-refractivity contribution in [1.82, 2.24) is 0 Å². The maximum atomic E-state index is 12.0. The maximum absolute atomic E-state index is 12.0. The Morgan fingerprint density at radius 2 is 1.60 bits per heavy atom. The van der Waals surface area contributed by atoms with Crippen molar-refractivity contribution < 1.29 is 9.53 Å². The van der Waals surface area contributed by atoms with E-state index in [1.165, 1.54) is 50.5 Å². The normalized spacial score (nSPS) is 13.4. The maximum Gasteiger partial charge on any atom is 0.311 e. The third-order valence-corrected chi connectivity index (χ3v) is 5.92. The van der Waals surface area contributed by atoms with Gasteiger partial charge in [-0.15, -0.1) is 0 Å². The molecule has 0 saturated heterocycles. The lowest BCUT2D eigenvalue weighted by Gasteiger charge is -2.17. The molecule has 0 amide bonds. The predicted octanol–water partition coefficient (Wildman–Crippen LogP) is 7.26. The van der Waals surface area contributed by atoms with E-state index in [9.17, 15) is 4.79 Å². The van der Waals surface area contributed by atoms with Crippen LogP contribution in [0.5, 0.6) is 5.75 Å². The Hall–Kier alpha value is -0.580. The fourth-order valence-corrected chi connectivity index (χ4v) is 4.31. The molecule has 2 nitrogen and oxygen atoms in total. The molecule has 1 rings (SSSR count). The van der Waals surface area contributed by atoms with Crippen LogP contribution in [0.1, 0.15) is 83.6 Å². The quantitative estimate of drug-likeness (QED) is 0.135. The molecule has 0 heterocycles. The van der Waals surface area contributed by atoms with Gasteiger partial charge in [0, 0.05) is 10.3 Å². The molecular weight excluding hydrogens is 423 g/mol. The molecule has 0 aliphatic heterocycles. The molecule has 25 heavy (non-hydrogen) atoms. The zero-order valence-electron chi connectivity index (χ0n) is 16.2. The van der Waals surface area contributed by atoms with E-state index in [1.54, 1.807) is 0 Å². The lowest BCUT2D eigenvalue weighted by molar-refractivity contribution is -0.134. The van der Waals surface area contributed by atoms with E-state index in [0.29, 0.717) is 12.2 Å². The average molecular weight is 458 g/mol. The molecule has 0 bridgehead atoms. The van der Waals surface area contributed by atoms with Crippen molar-refractivity contribution >= 4 is 28.6 Å². The Morgan fingerprint density at radius 1 is 0.960 bits per heavy atom. The van der Waals surface area contributed by atoms with E-state index in [4.69, 9.17) is 4.74 Å². The number of aryl methyl sites for hydroxylation is 1. The number of carbonyl (C=O) groups is 1. The van der Waals surface area contributed by atoms with Crippen molar-refractivity contribution in [2.75, 3.05) is 0 Å². The molecule has 2 atom stereocenters. The standard InChI is InChI=1S/C22H35IO2/c1-4-8-19(10-6-12-20(23)9-5-2)11-7-13-22(24)25-21-16-14-18(3)15-17-21/h14-17,19-20H,4-13H2,1-3H3. The molecule has 2 unspecified atom stereocenters. The molecule has 0 N–H and O–H groups in total. The molecule has 1 aromatic rings. The molecule has 1 aromatic carbocycles. The number of esters is 1. The number of rotatable bonds is 13. The molecule has 3 heteroatoms. The van der Waals surface area contributed by atoms with Crippen LogP contribution in [0.15, 0.2) is 24.3 Å². The molecule has 0 aliphatic rings. The zero-order valence-corrected chi connectivity index (χ0v) is 18.4. The van der Waals surface area contributed by atoms with E-state index in [-0.39, 0.29) is 5.97 Å². The topological polar surface area (TPSA) is 26.3 Å². The van der Waals surface area contributed by atoms with E-state index >= 15 is 0 Å². The van der Waals surface area contributed by atoms with Gasteiger partial charge in [0.15, 0.2) is 0 Å². The van der Waals surface area contributed by atoms with E-state index in [0.717, 1.165) is 22.7 Å². The SMILES string of the molecule is CCCC(I)CCCC(CCC)CCCC(=O)Oc1ccc(C)cc1. The van der Waals surface area contributed by atoms with Crippen LogP contribution in [0.4, 0.5) is 0 Å². The number of carbonyl (C=O) groups excluding carboxylic acids is 1.